The van der Waals surface area contributed by atoms with E-state index >= 15 is 0 Å². The van der Waals surface area contributed by atoms with Crippen molar-refractivity contribution in [2.75, 3.05) is 18.0 Å². The highest BCUT2D eigenvalue weighted by Gasteiger charge is 2.21. The first-order valence-corrected chi connectivity index (χ1v) is 6.80. The molecule has 0 unspecified atom stereocenters. The van der Waals surface area contributed by atoms with Crippen LogP contribution in [0.25, 0.3) is 0 Å². The number of anilines is 2. The number of nitrogens with two attached hydrogens (primary N) is 1. The van der Waals surface area contributed by atoms with Crippen molar-refractivity contribution < 1.29 is 0 Å². The van der Waals surface area contributed by atoms with Gasteiger partial charge in [0.1, 0.15) is 5.82 Å². The maximum Gasteiger partial charge on any atom is 0.135 e. The van der Waals surface area contributed by atoms with Crippen LogP contribution in [0, 0.1) is 6.92 Å². The first kappa shape index (κ1) is 12.2. The molecule has 0 fully saturated rings. The molecule has 2 N–H and O–H groups in total. The zero-order valence-corrected chi connectivity index (χ0v) is 11.3. The van der Waals surface area contributed by atoms with E-state index in [1.165, 1.54) is 22.4 Å². The first-order chi connectivity index (χ1) is 9.29. The Kier molecular flexibility index (Phi) is 3.22. The topological polar surface area (TPSA) is 42.1 Å². The Morgan fingerprint density at radius 2 is 2.16 bits per heavy atom. The summed E-state index contributed by atoms with van der Waals surface area (Å²) in [4.78, 5) is 6.96. The fourth-order valence-electron chi connectivity index (χ4n) is 2.77. The van der Waals surface area contributed by atoms with E-state index in [4.69, 9.17) is 5.73 Å². The van der Waals surface area contributed by atoms with Crippen LogP contribution < -0.4 is 10.6 Å². The van der Waals surface area contributed by atoms with Crippen molar-refractivity contribution >= 4 is 11.5 Å². The van der Waals surface area contributed by atoms with Crippen molar-refractivity contribution in [1.82, 2.24) is 4.98 Å². The van der Waals surface area contributed by atoms with Crippen LogP contribution in [-0.4, -0.2) is 18.1 Å². The van der Waals surface area contributed by atoms with E-state index in [9.17, 15) is 0 Å². The number of aromatic nitrogens is 1. The number of pyridine rings is 1. The van der Waals surface area contributed by atoms with Gasteiger partial charge < -0.3 is 10.6 Å². The lowest BCUT2D eigenvalue weighted by molar-refractivity contribution is 0.933. The molecule has 1 aliphatic heterocycles. The maximum absolute atomic E-state index is 5.60. The standard InChI is InChI=1S/C16H19N3/c1-12-10-13(6-8-17)11-18-16(12)19-9-7-14-4-2-3-5-15(14)19/h2-5,10-11H,6-9,17H2,1H3. The van der Waals surface area contributed by atoms with Crippen LogP contribution in [0.5, 0.6) is 0 Å². The van der Waals surface area contributed by atoms with E-state index in [2.05, 4.69) is 47.1 Å². The molecule has 1 aliphatic rings. The lowest BCUT2D eigenvalue weighted by Crippen LogP contribution is -2.16. The third kappa shape index (κ3) is 2.22. The van der Waals surface area contributed by atoms with E-state index in [0.29, 0.717) is 6.54 Å². The molecule has 0 saturated carbocycles. The second-order valence-electron chi connectivity index (χ2n) is 5.05. The third-order valence-electron chi connectivity index (χ3n) is 3.68. The molecule has 2 aromatic rings. The van der Waals surface area contributed by atoms with Crippen molar-refractivity contribution in [1.29, 1.82) is 0 Å². The van der Waals surface area contributed by atoms with Gasteiger partial charge in [-0.1, -0.05) is 24.3 Å². The Morgan fingerprint density at radius 3 is 2.95 bits per heavy atom. The third-order valence-corrected chi connectivity index (χ3v) is 3.68. The van der Waals surface area contributed by atoms with Crippen LogP contribution in [0.2, 0.25) is 0 Å². The zero-order chi connectivity index (χ0) is 13.2. The number of rotatable bonds is 3. The minimum absolute atomic E-state index is 0.674. The number of hydrogen-bond acceptors (Lipinski definition) is 3. The predicted octanol–water partition coefficient (Wildman–Crippen LogP) is 2.59. The number of nitrogens with zero attached hydrogens (tertiary/aromatic N) is 2. The Labute approximate surface area is 114 Å². The van der Waals surface area contributed by atoms with Crippen LogP contribution in [-0.2, 0) is 12.8 Å². The van der Waals surface area contributed by atoms with E-state index in [1.807, 2.05) is 6.20 Å². The minimum atomic E-state index is 0.674. The molecule has 2 heterocycles. The van der Waals surface area contributed by atoms with E-state index < -0.39 is 0 Å². The summed E-state index contributed by atoms with van der Waals surface area (Å²) < 4.78 is 0. The fourth-order valence-corrected chi connectivity index (χ4v) is 2.77. The van der Waals surface area contributed by atoms with Gasteiger partial charge in [-0.05, 0) is 49.1 Å². The highest BCUT2D eigenvalue weighted by atomic mass is 15.2. The van der Waals surface area contributed by atoms with Gasteiger partial charge in [-0.15, -0.1) is 0 Å². The van der Waals surface area contributed by atoms with Crippen molar-refractivity contribution in [2.24, 2.45) is 5.73 Å². The average Bonchev–Trinajstić information content (AvgIpc) is 2.83. The van der Waals surface area contributed by atoms with Gasteiger partial charge in [0.25, 0.3) is 0 Å². The molecule has 98 valence electrons. The summed E-state index contributed by atoms with van der Waals surface area (Å²) in [5.74, 6) is 1.07. The van der Waals surface area contributed by atoms with Gasteiger partial charge in [0.05, 0.1) is 0 Å². The highest BCUT2D eigenvalue weighted by Crippen LogP contribution is 2.34. The van der Waals surface area contributed by atoms with Gasteiger partial charge in [-0.25, -0.2) is 4.98 Å². The first-order valence-electron chi connectivity index (χ1n) is 6.80. The molecule has 3 heteroatoms. The smallest absolute Gasteiger partial charge is 0.135 e. The molecule has 0 saturated heterocycles. The van der Waals surface area contributed by atoms with Crippen molar-refractivity contribution in [3.05, 3.63) is 53.2 Å². The van der Waals surface area contributed by atoms with Crippen LogP contribution >= 0.6 is 0 Å². The number of benzene rings is 1. The molecule has 0 amide bonds. The molecule has 1 aromatic carbocycles. The van der Waals surface area contributed by atoms with Gasteiger partial charge in [-0.3, -0.25) is 0 Å². The summed E-state index contributed by atoms with van der Waals surface area (Å²) in [6.45, 7) is 3.82. The van der Waals surface area contributed by atoms with Crippen LogP contribution in [0.3, 0.4) is 0 Å². The normalized spacial score (nSPS) is 13.7. The molecule has 0 radical (unpaired) electrons. The molecule has 0 aliphatic carbocycles. The quantitative estimate of drug-likeness (QED) is 0.914. The van der Waals surface area contributed by atoms with E-state index in [1.54, 1.807) is 0 Å². The van der Waals surface area contributed by atoms with E-state index in [0.717, 1.165) is 25.2 Å². The van der Waals surface area contributed by atoms with Crippen LogP contribution in [0.15, 0.2) is 36.5 Å². The van der Waals surface area contributed by atoms with Gasteiger partial charge in [-0.2, -0.15) is 0 Å². The maximum atomic E-state index is 5.60. The Balaban J connectivity index is 1.96. The number of fused-ring (bicyclic) bond motifs is 1. The lowest BCUT2D eigenvalue weighted by atomic mass is 10.1. The number of para-hydroxylation sites is 1. The molecular formula is C16H19N3. The SMILES string of the molecule is Cc1cc(CCN)cnc1N1CCc2ccccc21. The summed E-state index contributed by atoms with van der Waals surface area (Å²) in [5, 5.41) is 0. The number of hydrogen-bond donors (Lipinski definition) is 1. The number of aryl methyl sites for hydroxylation is 1. The molecule has 19 heavy (non-hydrogen) atoms. The highest BCUT2D eigenvalue weighted by molar-refractivity contribution is 5.69. The van der Waals surface area contributed by atoms with Crippen LogP contribution in [0.1, 0.15) is 16.7 Å². The monoisotopic (exact) mass is 253 g/mol. The second kappa shape index (κ2) is 5.02. The summed E-state index contributed by atoms with van der Waals surface area (Å²) in [7, 11) is 0. The van der Waals surface area contributed by atoms with Gasteiger partial charge in [0.15, 0.2) is 0 Å². The largest absolute Gasteiger partial charge is 0.330 e. The summed E-state index contributed by atoms with van der Waals surface area (Å²) >= 11 is 0. The summed E-state index contributed by atoms with van der Waals surface area (Å²) in [6, 6.07) is 10.8. The Bertz CT molecular complexity index is 592. The molecular weight excluding hydrogens is 234 g/mol. The van der Waals surface area contributed by atoms with Gasteiger partial charge in [0.2, 0.25) is 0 Å². The van der Waals surface area contributed by atoms with Crippen molar-refractivity contribution in [2.45, 2.75) is 19.8 Å². The average molecular weight is 253 g/mol. The molecule has 1 aromatic heterocycles. The summed E-state index contributed by atoms with van der Waals surface area (Å²) in [6.07, 6.45) is 3.95. The van der Waals surface area contributed by atoms with Gasteiger partial charge >= 0.3 is 0 Å². The van der Waals surface area contributed by atoms with E-state index in [-0.39, 0.29) is 0 Å². The zero-order valence-electron chi connectivity index (χ0n) is 11.3. The minimum Gasteiger partial charge on any atom is -0.330 e. The fraction of sp³-hybridized carbons (Fsp3) is 0.312. The molecule has 0 bridgehead atoms. The molecule has 0 spiro atoms. The van der Waals surface area contributed by atoms with Gasteiger partial charge in [0, 0.05) is 18.4 Å². The van der Waals surface area contributed by atoms with Crippen molar-refractivity contribution in [3.63, 3.8) is 0 Å². The molecule has 3 rings (SSSR count). The Hall–Kier alpha value is -1.87. The molecule has 0 atom stereocenters. The van der Waals surface area contributed by atoms with Crippen LogP contribution in [0.4, 0.5) is 11.5 Å². The predicted molar refractivity (Wildman–Crippen MR) is 78.9 cm³/mol. The van der Waals surface area contributed by atoms with Crippen molar-refractivity contribution in [3.8, 4) is 0 Å². The molecule has 3 nitrogen and oxygen atoms in total. The lowest BCUT2D eigenvalue weighted by Gasteiger charge is -2.20. The second-order valence-corrected chi connectivity index (χ2v) is 5.05. The summed E-state index contributed by atoms with van der Waals surface area (Å²) in [5.41, 5.74) is 10.7. The Morgan fingerprint density at radius 1 is 1.32 bits per heavy atom.